The van der Waals surface area contributed by atoms with Crippen molar-refractivity contribution in [2.24, 2.45) is 0 Å². The minimum absolute atomic E-state index is 0.193. The van der Waals surface area contributed by atoms with Gasteiger partial charge in [-0.15, -0.1) is 0 Å². The minimum Gasteiger partial charge on any atom is -0.423 e. The molecular formula is C11H10N2O4. The summed E-state index contributed by atoms with van der Waals surface area (Å²) in [6.45, 7) is 0.193. The number of esters is 1. The third kappa shape index (κ3) is 2.41. The molecule has 1 aromatic carbocycles. The molecule has 0 saturated carbocycles. The zero-order valence-electron chi connectivity index (χ0n) is 9.10. The van der Waals surface area contributed by atoms with Gasteiger partial charge in [-0.3, -0.25) is 10.1 Å². The fourth-order valence-electron chi connectivity index (χ4n) is 1.39. The Morgan fingerprint density at radius 2 is 2.06 bits per heavy atom. The lowest BCUT2D eigenvalue weighted by atomic mass is 10.2. The molecule has 0 radical (unpaired) electrons. The van der Waals surface area contributed by atoms with Crippen LogP contribution in [0.3, 0.4) is 0 Å². The summed E-state index contributed by atoms with van der Waals surface area (Å²) in [5.41, 5.74) is 0.646. The standard InChI is InChI=1S/C7H4O2.C4H6N2O2/c8-7-5-2-1-3-6(4-5)9-7;1-6-2-3(7)5-4(6)8/h1-4H;2H2,1H3,(H,5,7,8). The largest absolute Gasteiger partial charge is 0.423 e. The van der Waals surface area contributed by atoms with E-state index in [0.717, 1.165) is 0 Å². The second kappa shape index (κ2) is 4.25. The Morgan fingerprint density at radius 3 is 2.47 bits per heavy atom. The van der Waals surface area contributed by atoms with Gasteiger partial charge in [-0.25, -0.2) is 9.59 Å². The molecule has 1 fully saturated rings. The summed E-state index contributed by atoms with van der Waals surface area (Å²) in [7, 11) is 1.57. The molecule has 1 aromatic rings. The molecule has 6 heteroatoms. The first kappa shape index (κ1) is 11.1. The first-order valence-corrected chi connectivity index (χ1v) is 4.93. The van der Waals surface area contributed by atoms with Gasteiger partial charge < -0.3 is 9.64 Å². The topological polar surface area (TPSA) is 75.7 Å². The fourth-order valence-corrected chi connectivity index (χ4v) is 1.39. The number of nitrogens with one attached hydrogen (secondary N) is 1. The van der Waals surface area contributed by atoms with Crippen molar-refractivity contribution in [2.45, 2.75) is 0 Å². The number of amides is 3. The highest BCUT2D eigenvalue weighted by atomic mass is 16.5. The van der Waals surface area contributed by atoms with Gasteiger partial charge in [0, 0.05) is 7.05 Å². The third-order valence-electron chi connectivity index (χ3n) is 2.25. The quantitative estimate of drug-likeness (QED) is 0.520. The van der Waals surface area contributed by atoms with Crippen molar-refractivity contribution in [3.05, 3.63) is 29.8 Å². The maximum Gasteiger partial charge on any atom is 0.343 e. The monoisotopic (exact) mass is 234 g/mol. The Morgan fingerprint density at radius 1 is 1.29 bits per heavy atom. The number of fused-ring (bicyclic) bond motifs is 2. The highest BCUT2D eigenvalue weighted by Crippen LogP contribution is 2.20. The smallest absolute Gasteiger partial charge is 0.343 e. The van der Waals surface area contributed by atoms with Crippen LogP contribution in [0.5, 0.6) is 5.75 Å². The van der Waals surface area contributed by atoms with E-state index in [-0.39, 0.29) is 24.5 Å². The van der Waals surface area contributed by atoms with E-state index >= 15 is 0 Å². The molecule has 0 unspecified atom stereocenters. The molecule has 2 aliphatic heterocycles. The van der Waals surface area contributed by atoms with Gasteiger partial charge in [0.15, 0.2) is 0 Å². The number of hydrogen-bond donors (Lipinski definition) is 1. The summed E-state index contributed by atoms with van der Waals surface area (Å²) < 4.78 is 4.75. The zero-order valence-corrected chi connectivity index (χ0v) is 9.10. The SMILES string of the molecule is CN1CC(=O)NC1=O.O=C1Oc2cccc1c2. The van der Waals surface area contributed by atoms with Gasteiger partial charge in [0.1, 0.15) is 12.3 Å². The molecule has 0 spiro atoms. The highest BCUT2D eigenvalue weighted by Gasteiger charge is 2.21. The first-order chi connectivity index (χ1) is 8.06. The fraction of sp³-hybridized carbons (Fsp3) is 0.182. The molecule has 0 aliphatic carbocycles. The number of carbonyl (C=O) groups excluding carboxylic acids is 3. The third-order valence-corrected chi connectivity index (χ3v) is 2.25. The van der Waals surface area contributed by atoms with Gasteiger partial charge in [-0.05, 0) is 18.2 Å². The van der Waals surface area contributed by atoms with Crippen LogP contribution in [0, 0.1) is 0 Å². The Labute approximate surface area is 97.2 Å². The lowest BCUT2D eigenvalue weighted by molar-refractivity contribution is -0.118. The molecule has 1 N–H and O–H groups in total. The van der Waals surface area contributed by atoms with Crippen LogP contribution in [0.2, 0.25) is 0 Å². The summed E-state index contributed by atoms with van der Waals surface area (Å²) in [6, 6.07) is 6.71. The molecule has 2 aliphatic rings. The van der Waals surface area contributed by atoms with Gasteiger partial charge in [0.05, 0.1) is 5.56 Å². The summed E-state index contributed by atoms with van der Waals surface area (Å²) >= 11 is 0. The van der Waals surface area contributed by atoms with Crippen LogP contribution in [0.4, 0.5) is 4.79 Å². The number of hydrogen-bond acceptors (Lipinski definition) is 4. The summed E-state index contributed by atoms with van der Waals surface area (Å²) in [6.07, 6.45) is 0. The Hall–Kier alpha value is -2.37. The van der Waals surface area contributed by atoms with Crippen molar-refractivity contribution in [3.8, 4) is 5.75 Å². The normalized spacial score (nSPS) is 16.3. The van der Waals surface area contributed by atoms with Crippen molar-refractivity contribution in [1.29, 1.82) is 0 Å². The van der Waals surface area contributed by atoms with E-state index in [1.165, 1.54) is 4.90 Å². The van der Waals surface area contributed by atoms with E-state index < -0.39 is 0 Å². The van der Waals surface area contributed by atoms with Crippen molar-refractivity contribution in [3.63, 3.8) is 0 Å². The summed E-state index contributed by atoms with van der Waals surface area (Å²) in [5.74, 6) is 0.185. The van der Waals surface area contributed by atoms with Crippen molar-refractivity contribution in [1.82, 2.24) is 10.2 Å². The first-order valence-electron chi connectivity index (χ1n) is 4.93. The number of carbonyl (C=O) groups is 3. The average molecular weight is 234 g/mol. The molecule has 88 valence electrons. The van der Waals surface area contributed by atoms with Gasteiger partial charge in [-0.2, -0.15) is 0 Å². The van der Waals surface area contributed by atoms with E-state index in [1.54, 1.807) is 31.3 Å². The number of ether oxygens (including phenoxy) is 1. The summed E-state index contributed by atoms with van der Waals surface area (Å²) in [5, 5.41) is 2.11. The highest BCUT2D eigenvalue weighted by molar-refractivity contribution is 6.01. The van der Waals surface area contributed by atoms with Crippen LogP contribution in [-0.2, 0) is 4.79 Å². The number of likely N-dealkylation sites (N-methyl/N-ethyl adjacent to an activating group) is 1. The number of nitrogens with zero attached hydrogens (tertiary/aromatic N) is 1. The predicted molar refractivity (Wildman–Crippen MR) is 57.6 cm³/mol. The Kier molecular flexibility index (Phi) is 2.78. The van der Waals surface area contributed by atoms with Crippen molar-refractivity contribution in [2.75, 3.05) is 13.6 Å². The molecular weight excluding hydrogens is 224 g/mol. The molecule has 6 nitrogen and oxygen atoms in total. The number of urea groups is 1. The van der Waals surface area contributed by atoms with Gasteiger partial charge >= 0.3 is 12.0 Å². The predicted octanol–water partition coefficient (Wildman–Crippen LogP) is 0.387. The molecule has 3 rings (SSSR count). The molecule has 0 atom stereocenters. The van der Waals surface area contributed by atoms with Crippen LogP contribution >= 0.6 is 0 Å². The molecule has 2 bridgehead atoms. The Bertz CT molecular complexity index is 498. The van der Waals surface area contributed by atoms with E-state index in [1.807, 2.05) is 0 Å². The second-order valence-corrected chi connectivity index (χ2v) is 3.63. The van der Waals surface area contributed by atoms with Gasteiger partial charge in [0.2, 0.25) is 5.91 Å². The molecule has 0 aromatic heterocycles. The zero-order chi connectivity index (χ0) is 12.4. The maximum atomic E-state index is 10.7. The number of rotatable bonds is 0. The van der Waals surface area contributed by atoms with E-state index in [2.05, 4.69) is 5.32 Å². The second-order valence-electron chi connectivity index (χ2n) is 3.63. The number of benzene rings is 1. The van der Waals surface area contributed by atoms with Crippen LogP contribution in [0.15, 0.2) is 24.3 Å². The van der Waals surface area contributed by atoms with Crippen molar-refractivity contribution >= 4 is 17.9 Å². The molecule has 1 saturated heterocycles. The van der Waals surface area contributed by atoms with Crippen LogP contribution in [-0.4, -0.2) is 36.4 Å². The molecule has 2 heterocycles. The van der Waals surface area contributed by atoms with Crippen LogP contribution < -0.4 is 10.1 Å². The Balaban J connectivity index is 0.000000128. The van der Waals surface area contributed by atoms with Gasteiger partial charge in [-0.1, -0.05) is 6.07 Å². The molecule has 3 amide bonds. The lowest BCUT2D eigenvalue weighted by Crippen LogP contribution is -2.24. The van der Waals surface area contributed by atoms with Crippen molar-refractivity contribution < 1.29 is 19.1 Å². The lowest BCUT2D eigenvalue weighted by Gasteiger charge is -1.99. The van der Waals surface area contributed by atoms with E-state index in [0.29, 0.717) is 11.3 Å². The maximum absolute atomic E-state index is 10.7. The van der Waals surface area contributed by atoms with Crippen LogP contribution in [0.1, 0.15) is 10.4 Å². The van der Waals surface area contributed by atoms with E-state index in [4.69, 9.17) is 4.74 Å². The van der Waals surface area contributed by atoms with Gasteiger partial charge in [0.25, 0.3) is 0 Å². The van der Waals surface area contributed by atoms with Crippen LogP contribution in [0.25, 0.3) is 0 Å². The minimum atomic E-state index is -0.310. The average Bonchev–Trinajstić information content (AvgIpc) is 2.69. The van der Waals surface area contributed by atoms with E-state index in [9.17, 15) is 14.4 Å². The molecule has 17 heavy (non-hydrogen) atoms. The summed E-state index contributed by atoms with van der Waals surface area (Å²) in [4.78, 5) is 32.7. The number of imide groups is 1.